The number of quaternary nitrogens is 1. The number of hydrogen-bond acceptors (Lipinski definition) is 6. The van der Waals surface area contributed by atoms with Gasteiger partial charge in [0.15, 0.2) is 12.1 Å². The van der Waals surface area contributed by atoms with E-state index in [9.17, 15) is 19.5 Å². The molecule has 0 aliphatic rings. The van der Waals surface area contributed by atoms with Crippen molar-refractivity contribution >= 4 is 17.9 Å². The second-order valence-electron chi connectivity index (χ2n) is 16.0. The Morgan fingerprint density at radius 1 is 0.566 bits per heavy atom. The fourth-order valence-corrected chi connectivity index (χ4v) is 6.44. The maximum atomic E-state index is 12.6. The Balaban J connectivity index is 4.22. The topological polar surface area (TPSA) is 99.1 Å². The van der Waals surface area contributed by atoms with Gasteiger partial charge in [-0.3, -0.25) is 9.59 Å². The van der Waals surface area contributed by atoms with Crippen LogP contribution >= 0.6 is 0 Å². The second-order valence-corrected chi connectivity index (χ2v) is 16.0. The van der Waals surface area contributed by atoms with E-state index in [2.05, 4.69) is 38.2 Å². The quantitative estimate of drug-likeness (QED) is 0.0289. The zero-order valence-corrected chi connectivity index (χ0v) is 35.2. The lowest BCUT2D eigenvalue weighted by Crippen LogP contribution is -2.50. The molecule has 53 heavy (non-hydrogen) atoms. The molecule has 0 aromatic rings. The summed E-state index contributed by atoms with van der Waals surface area (Å²) < 4.78 is 17.2. The number of unbranched alkanes of at least 4 members (excludes halogenated alkanes) is 22. The smallest absolute Gasteiger partial charge is 0.362 e. The van der Waals surface area contributed by atoms with Gasteiger partial charge in [-0.15, -0.1) is 0 Å². The summed E-state index contributed by atoms with van der Waals surface area (Å²) in [5.41, 5.74) is 0. The summed E-state index contributed by atoms with van der Waals surface area (Å²) in [6.07, 6.45) is 39.4. The third-order valence-electron chi connectivity index (χ3n) is 9.88. The number of carboxylic acids is 1. The molecule has 0 spiro atoms. The van der Waals surface area contributed by atoms with E-state index >= 15 is 0 Å². The third-order valence-corrected chi connectivity index (χ3v) is 9.88. The molecule has 0 fully saturated rings. The first-order chi connectivity index (χ1) is 25.6. The summed E-state index contributed by atoms with van der Waals surface area (Å²) in [7, 11) is 5.52. The predicted molar refractivity (Wildman–Crippen MR) is 220 cm³/mol. The molecule has 0 aromatic heterocycles. The van der Waals surface area contributed by atoms with Gasteiger partial charge in [-0.05, 0) is 38.5 Å². The minimum atomic E-state index is -0.875. The van der Waals surface area contributed by atoms with Crippen LogP contribution in [0.2, 0.25) is 0 Å². The molecule has 8 heteroatoms. The molecule has 2 atom stereocenters. The van der Waals surface area contributed by atoms with Gasteiger partial charge in [-0.1, -0.05) is 160 Å². The van der Waals surface area contributed by atoms with Crippen LogP contribution in [0.5, 0.6) is 0 Å². The number of likely N-dealkylation sites (N-methyl/N-ethyl adjacent to an activating group) is 1. The van der Waals surface area contributed by atoms with Crippen LogP contribution in [0.1, 0.15) is 194 Å². The van der Waals surface area contributed by atoms with E-state index in [-0.39, 0.29) is 36.2 Å². The van der Waals surface area contributed by atoms with Crippen molar-refractivity contribution in [3.05, 3.63) is 24.3 Å². The van der Waals surface area contributed by atoms with Gasteiger partial charge < -0.3 is 23.8 Å². The van der Waals surface area contributed by atoms with Crippen LogP contribution in [-0.4, -0.2) is 80.6 Å². The lowest BCUT2D eigenvalue weighted by atomic mass is 10.1. The SMILES string of the molecule is CCCCCC/C=C/C=C/CCCCCCCCCCCCC(=O)OCC(COCCC(C(=O)O)[N+](C)(C)C)OC(=O)CCCCCCCCCCC. The number of carbonyl (C=O) groups excluding carboxylic acids is 2. The number of nitrogens with zero attached hydrogens (tertiary/aromatic N) is 1. The van der Waals surface area contributed by atoms with Crippen LogP contribution in [0.25, 0.3) is 0 Å². The van der Waals surface area contributed by atoms with E-state index in [1.165, 1.54) is 122 Å². The van der Waals surface area contributed by atoms with E-state index in [0.717, 1.165) is 38.5 Å². The molecule has 0 saturated carbocycles. The Morgan fingerprint density at radius 3 is 1.43 bits per heavy atom. The number of carbonyl (C=O) groups is 3. The first kappa shape index (κ1) is 50.8. The average molecular weight is 751 g/mol. The van der Waals surface area contributed by atoms with Gasteiger partial charge in [0.25, 0.3) is 0 Å². The molecule has 1 N–H and O–H groups in total. The van der Waals surface area contributed by atoms with Crippen molar-refractivity contribution < 1.29 is 38.2 Å². The molecule has 0 aliphatic heterocycles. The van der Waals surface area contributed by atoms with Crippen molar-refractivity contribution in [2.75, 3.05) is 41.0 Å². The van der Waals surface area contributed by atoms with Gasteiger partial charge in [0.2, 0.25) is 0 Å². The largest absolute Gasteiger partial charge is 0.477 e. The van der Waals surface area contributed by atoms with Crippen LogP contribution in [0.15, 0.2) is 24.3 Å². The minimum absolute atomic E-state index is 0.0491. The molecule has 0 amide bonds. The zero-order valence-electron chi connectivity index (χ0n) is 35.2. The molecular weight excluding hydrogens is 666 g/mol. The van der Waals surface area contributed by atoms with E-state index in [4.69, 9.17) is 14.2 Å². The highest BCUT2D eigenvalue weighted by Gasteiger charge is 2.31. The summed E-state index contributed by atoms with van der Waals surface area (Å²) in [6.45, 7) is 4.70. The van der Waals surface area contributed by atoms with E-state index < -0.39 is 18.1 Å². The Hall–Kier alpha value is -2.19. The molecule has 310 valence electrons. The Kier molecular flexibility index (Phi) is 35.2. The lowest BCUT2D eigenvalue weighted by Gasteiger charge is -2.31. The van der Waals surface area contributed by atoms with Crippen LogP contribution in [-0.2, 0) is 28.6 Å². The molecular formula is C45H84NO7+. The van der Waals surface area contributed by atoms with Crippen molar-refractivity contribution in [3.8, 4) is 0 Å². The number of aliphatic carboxylic acids is 1. The van der Waals surface area contributed by atoms with Gasteiger partial charge in [0.05, 0.1) is 34.4 Å². The number of allylic oxidation sites excluding steroid dienone is 4. The molecule has 0 radical (unpaired) electrons. The standard InChI is InChI=1S/C45H83NO7/c1-6-8-10-12-14-16-17-18-19-20-21-22-23-24-25-26-28-29-31-33-35-43(47)52-40-41(39-51-38-37-42(45(49)50)46(3,4)5)53-44(48)36-34-32-30-27-15-13-11-9-7-2/h16-19,41-42H,6-15,20-40H2,1-5H3/p+1/b17-16+,19-18+. The van der Waals surface area contributed by atoms with Gasteiger partial charge in [0, 0.05) is 19.3 Å². The number of ether oxygens (including phenoxy) is 3. The maximum Gasteiger partial charge on any atom is 0.362 e. The van der Waals surface area contributed by atoms with Gasteiger partial charge >= 0.3 is 17.9 Å². The number of rotatable bonds is 39. The highest BCUT2D eigenvalue weighted by Crippen LogP contribution is 2.15. The van der Waals surface area contributed by atoms with E-state index in [0.29, 0.717) is 19.3 Å². The third kappa shape index (κ3) is 35.3. The van der Waals surface area contributed by atoms with Gasteiger partial charge in [0.1, 0.15) is 6.61 Å². The van der Waals surface area contributed by atoms with Crippen molar-refractivity contribution in [2.24, 2.45) is 0 Å². The first-order valence-corrected chi connectivity index (χ1v) is 21.9. The normalized spacial score (nSPS) is 13.2. The molecule has 0 heterocycles. The summed E-state index contributed by atoms with van der Waals surface area (Å²) in [5.74, 6) is -1.47. The maximum absolute atomic E-state index is 12.6. The first-order valence-electron chi connectivity index (χ1n) is 21.9. The van der Waals surface area contributed by atoms with Gasteiger partial charge in [-0.2, -0.15) is 0 Å². The fourth-order valence-electron chi connectivity index (χ4n) is 6.44. The summed E-state index contributed by atoms with van der Waals surface area (Å²) >= 11 is 0. The number of esters is 2. The van der Waals surface area contributed by atoms with Crippen molar-refractivity contribution in [3.63, 3.8) is 0 Å². The summed E-state index contributed by atoms with van der Waals surface area (Å²) in [5, 5.41) is 9.59. The molecule has 0 aliphatic carbocycles. The van der Waals surface area contributed by atoms with Crippen molar-refractivity contribution in [1.29, 1.82) is 0 Å². The molecule has 0 bridgehead atoms. The summed E-state index contributed by atoms with van der Waals surface area (Å²) in [4.78, 5) is 36.8. The Morgan fingerprint density at radius 2 is 0.981 bits per heavy atom. The minimum Gasteiger partial charge on any atom is -0.477 e. The molecule has 8 nitrogen and oxygen atoms in total. The number of carboxylic acid groups (broad SMARTS) is 1. The highest BCUT2D eigenvalue weighted by atomic mass is 16.6. The Bertz CT molecular complexity index is 926. The van der Waals surface area contributed by atoms with Crippen LogP contribution in [0.3, 0.4) is 0 Å². The average Bonchev–Trinajstić information content (AvgIpc) is 3.11. The van der Waals surface area contributed by atoms with E-state index in [1.54, 1.807) is 0 Å². The molecule has 0 rings (SSSR count). The Labute approximate surface area is 326 Å². The lowest BCUT2D eigenvalue weighted by molar-refractivity contribution is -0.887. The number of hydrogen-bond donors (Lipinski definition) is 1. The predicted octanol–water partition coefficient (Wildman–Crippen LogP) is 11.7. The monoisotopic (exact) mass is 751 g/mol. The van der Waals surface area contributed by atoms with Crippen molar-refractivity contribution in [1.82, 2.24) is 0 Å². The van der Waals surface area contributed by atoms with Crippen LogP contribution in [0, 0.1) is 0 Å². The second kappa shape index (κ2) is 36.8. The molecule has 0 saturated heterocycles. The van der Waals surface area contributed by atoms with E-state index in [1.807, 2.05) is 21.1 Å². The van der Waals surface area contributed by atoms with Crippen LogP contribution < -0.4 is 0 Å². The summed E-state index contributed by atoms with van der Waals surface area (Å²) in [6, 6.07) is -0.611. The van der Waals surface area contributed by atoms with Crippen molar-refractivity contribution in [2.45, 2.75) is 206 Å². The van der Waals surface area contributed by atoms with Crippen LogP contribution in [0.4, 0.5) is 0 Å². The van der Waals surface area contributed by atoms with Gasteiger partial charge in [-0.25, -0.2) is 4.79 Å². The molecule has 2 unspecified atom stereocenters. The zero-order chi connectivity index (χ0) is 39.3. The highest BCUT2D eigenvalue weighted by molar-refractivity contribution is 5.72. The fraction of sp³-hybridized carbons (Fsp3) is 0.844. The molecule has 0 aromatic carbocycles.